The summed E-state index contributed by atoms with van der Waals surface area (Å²) in [6, 6.07) is 12.8. The Hall–Kier alpha value is -1.78. The summed E-state index contributed by atoms with van der Waals surface area (Å²) in [6.07, 6.45) is 0. The Morgan fingerprint density at radius 2 is 2.00 bits per heavy atom. The minimum atomic E-state index is -0.264. The molecule has 3 rings (SSSR count). The lowest BCUT2D eigenvalue weighted by atomic mass is 10.0. The molecular weight excluding hydrogens is 303 g/mol. The van der Waals surface area contributed by atoms with Gasteiger partial charge in [-0.15, -0.1) is 0 Å². The Labute approximate surface area is 134 Å². The minimum Gasteiger partial charge on any atom is -0.497 e. The van der Waals surface area contributed by atoms with E-state index in [-0.39, 0.29) is 11.9 Å². The first-order chi connectivity index (χ1) is 10.7. The third-order valence-corrected chi connectivity index (χ3v) is 4.21. The average molecular weight is 321 g/mol. The van der Waals surface area contributed by atoms with E-state index in [1.54, 1.807) is 12.1 Å². The number of benzene rings is 2. The minimum absolute atomic E-state index is 0.0777. The first-order valence-corrected chi connectivity index (χ1v) is 7.63. The fraction of sp³-hybridized carbons (Fsp3) is 0.294. The van der Waals surface area contributed by atoms with Crippen LogP contribution in [-0.4, -0.2) is 26.7 Å². The molecule has 1 aliphatic heterocycles. The van der Waals surface area contributed by atoms with Crippen LogP contribution in [-0.2, 0) is 0 Å². The van der Waals surface area contributed by atoms with Crippen LogP contribution >= 0.6 is 11.6 Å². The molecule has 5 heteroatoms. The van der Waals surface area contributed by atoms with Crippen molar-refractivity contribution in [1.82, 2.24) is 5.32 Å². The number of hydrogen-bond donors (Lipinski definition) is 1. The Kier molecular flexibility index (Phi) is 4.50. The van der Waals surface area contributed by atoms with E-state index < -0.39 is 0 Å². The molecule has 3 nitrogen and oxygen atoms in total. The molecule has 1 saturated heterocycles. The third-order valence-electron chi connectivity index (χ3n) is 3.96. The van der Waals surface area contributed by atoms with Crippen molar-refractivity contribution in [2.24, 2.45) is 0 Å². The van der Waals surface area contributed by atoms with Crippen LogP contribution in [0.3, 0.4) is 0 Å². The second-order valence-electron chi connectivity index (χ2n) is 5.28. The zero-order valence-corrected chi connectivity index (χ0v) is 13.1. The van der Waals surface area contributed by atoms with E-state index in [9.17, 15) is 4.39 Å². The topological polar surface area (TPSA) is 24.5 Å². The Morgan fingerprint density at radius 3 is 2.68 bits per heavy atom. The molecule has 1 N–H and O–H groups in total. The number of nitrogens with one attached hydrogen (secondary N) is 1. The molecule has 0 unspecified atom stereocenters. The van der Waals surface area contributed by atoms with Gasteiger partial charge in [0.1, 0.15) is 11.6 Å². The summed E-state index contributed by atoms with van der Waals surface area (Å²) in [5.41, 5.74) is 1.72. The fourth-order valence-electron chi connectivity index (χ4n) is 2.82. The Balaban J connectivity index is 1.94. The van der Waals surface area contributed by atoms with Gasteiger partial charge in [-0.05, 0) is 29.8 Å². The lowest BCUT2D eigenvalue weighted by Crippen LogP contribution is -2.46. The number of ether oxygens (including phenoxy) is 1. The summed E-state index contributed by atoms with van der Waals surface area (Å²) < 4.78 is 19.5. The van der Waals surface area contributed by atoms with Gasteiger partial charge < -0.3 is 15.0 Å². The van der Waals surface area contributed by atoms with Gasteiger partial charge in [0.15, 0.2) is 0 Å². The fourth-order valence-corrected chi connectivity index (χ4v) is 2.95. The average Bonchev–Trinajstić information content (AvgIpc) is 2.55. The van der Waals surface area contributed by atoms with Gasteiger partial charge in [-0.3, -0.25) is 0 Å². The highest BCUT2D eigenvalue weighted by atomic mass is 35.5. The van der Waals surface area contributed by atoms with E-state index >= 15 is 0 Å². The second kappa shape index (κ2) is 6.55. The molecule has 0 aliphatic carbocycles. The van der Waals surface area contributed by atoms with Crippen molar-refractivity contribution in [3.8, 4) is 5.75 Å². The van der Waals surface area contributed by atoms with Gasteiger partial charge in [0.25, 0.3) is 0 Å². The van der Waals surface area contributed by atoms with E-state index in [1.807, 2.05) is 24.3 Å². The smallest absolute Gasteiger partial charge is 0.150 e. The summed E-state index contributed by atoms with van der Waals surface area (Å²) in [6.45, 7) is 2.35. The van der Waals surface area contributed by atoms with Gasteiger partial charge in [0, 0.05) is 30.7 Å². The summed E-state index contributed by atoms with van der Waals surface area (Å²) in [5, 5.41) is 4.07. The molecule has 22 heavy (non-hydrogen) atoms. The molecule has 0 aromatic heterocycles. The summed E-state index contributed by atoms with van der Waals surface area (Å²) >= 11 is 5.96. The molecule has 116 valence electrons. The van der Waals surface area contributed by atoms with Crippen LogP contribution in [0.15, 0.2) is 42.5 Å². The molecular formula is C17H18ClFN2O. The van der Waals surface area contributed by atoms with Crippen LogP contribution in [0.1, 0.15) is 11.6 Å². The van der Waals surface area contributed by atoms with Crippen LogP contribution in [0.4, 0.5) is 10.1 Å². The van der Waals surface area contributed by atoms with Gasteiger partial charge in [-0.1, -0.05) is 23.7 Å². The van der Waals surface area contributed by atoms with E-state index in [1.165, 1.54) is 13.2 Å². The molecule has 0 radical (unpaired) electrons. The monoisotopic (exact) mass is 320 g/mol. The number of rotatable bonds is 3. The summed E-state index contributed by atoms with van der Waals surface area (Å²) in [7, 11) is 1.54. The van der Waals surface area contributed by atoms with Crippen molar-refractivity contribution in [3.63, 3.8) is 0 Å². The first-order valence-electron chi connectivity index (χ1n) is 7.25. The molecule has 1 atom stereocenters. The van der Waals surface area contributed by atoms with Crippen molar-refractivity contribution >= 4 is 17.3 Å². The van der Waals surface area contributed by atoms with E-state index in [2.05, 4.69) is 10.2 Å². The van der Waals surface area contributed by atoms with Crippen LogP contribution in [0.25, 0.3) is 0 Å². The molecule has 0 bridgehead atoms. The number of anilines is 1. The summed E-state index contributed by atoms with van der Waals surface area (Å²) in [4.78, 5) is 2.09. The maximum Gasteiger partial charge on any atom is 0.150 e. The molecule has 1 fully saturated rings. The number of hydrogen-bond acceptors (Lipinski definition) is 3. The normalized spacial score (nSPS) is 18.3. The Bertz CT molecular complexity index is 648. The van der Waals surface area contributed by atoms with Crippen LogP contribution in [0, 0.1) is 5.82 Å². The molecule has 0 saturated carbocycles. The maximum atomic E-state index is 14.4. The van der Waals surface area contributed by atoms with Gasteiger partial charge in [0.05, 0.1) is 18.8 Å². The quantitative estimate of drug-likeness (QED) is 0.934. The van der Waals surface area contributed by atoms with Crippen LogP contribution in [0.5, 0.6) is 5.75 Å². The van der Waals surface area contributed by atoms with E-state index in [0.717, 1.165) is 25.2 Å². The van der Waals surface area contributed by atoms with Crippen LogP contribution < -0.4 is 15.0 Å². The lowest BCUT2D eigenvalue weighted by Gasteiger charge is -2.38. The lowest BCUT2D eigenvalue weighted by molar-refractivity contribution is 0.410. The summed E-state index contributed by atoms with van der Waals surface area (Å²) in [5.74, 6) is 0.264. The molecule has 2 aromatic carbocycles. The first kappa shape index (κ1) is 15.1. The van der Waals surface area contributed by atoms with Gasteiger partial charge in [-0.2, -0.15) is 0 Å². The molecule has 0 amide bonds. The SMILES string of the molecule is COc1ccc(N2CCNC[C@H]2c2ccc(Cl)cc2)c(F)c1. The van der Waals surface area contributed by atoms with E-state index in [4.69, 9.17) is 16.3 Å². The predicted octanol–water partition coefficient (Wildman–Crippen LogP) is 3.64. The zero-order chi connectivity index (χ0) is 15.5. The van der Waals surface area contributed by atoms with Gasteiger partial charge in [-0.25, -0.2) is 4.39 Å². The largest absolute Gasteiger partial charge is 0.497 e. The van der Waals surface area contributed by atoms with Gasteiger partial charge >= 0.3 is 0 Å². The highest BCUT2D eigenvalue weighted by Crippen LogP contribution is 2.32. The van der Waals surface area contributed by atoms with Crippen molar-refractivity contribution in [2.45, 2.75) is 6.04 Å². The predicted molar refractivity (Wildman–Crippen MR) is 87.4 cm³/mol. The van der Waals surface area contributed by atoms with E-state index in [0.29, 0.717) is 16.5 Å². The Morgan fingerprint density at radius 1 is 1.23 bits per heavy atom. The standard InChI is InChI=1S/C17H18ClFN2O/c1-22-14-6-7-16(15(19)10-14)21-9-8-20-11-17(21)12-2-4-13(18)5-3-12/h2-7,10,17,20H,8-9,11H2,1H3/t17-/m0/s1. The van der Waals surface area contributed by atoms with Crippen molar-refractivity contribution in [3.05, 3.63) is 58.9 Å². The second-order valence-corrected chi connectivity index (χ2v) is 5.72. The van der Waals surface area contributed by atoms with Gasteiger partial charge in [0.2, 0.25) is 0 Å². The van der Waals surface area contributed by atoms with Crippen molar-refractivity contribution in [2.75, 3.05) is 31.6 Å². The van der Waals surface area contributed by atoms with Crippen molar-refractivity contribution in [1.29, 1.82) is 0 Å². The number of piperazine rings is 1. The van der Waals surface area contributed by atoms with Crippen LogP contribution in [0.2, 0.25) is 5.02 Å². The highest BCUT2D eigenvalue weighted by molar-refractivity contribution is 6.30. The maximum absolute atomic E-state index is 14.4. The molecule has 2 aromatic rings. The zero-order valence-electron chi connectivity index (χ0n) is 12.4. The molecule has 1 heterocycles. The number of nitrogens with zero attached hydrogens (tertiary/aromatic N) is 1. The third kappa shape index (κ3) is 3.03. The number of halogens is 2. The highest BCUT2D eigenvalue weighted by Gasteiger charge is 2.26. The van der Waals surface area contributed by atoms with Crippen molar-refractivity contribution < 1.29 is 9.13 Å². The molecule has 1 aliphatic rings. The number of methoxy groups -OCH3 is 1. The molecule has 0 spiro atoms.